The molecule has 0 spiro atoms. The van der Waals surface area contributed by atoms with Crippen LogP contribution in [0.15, 0.2) is 24.3 Å². The van der Waals surface area contributed by atoms with Crippen LogP contribution in [0.3, 0.4) is 0 Å². The first-order valence-electron chi connectivity index (χ1n) is 4.36. The van der Waals surface area contributed by atoms with E-state index in [1.54, 1.807) is 0 Å². The molecule has 0 unspecified atom stereocenters. The molecular formula is C10H15NO2. The van der Waals surface area contributed by atoms with Gasteiger partial charge in [-0.1, -0.05) is 18.2 Å². The highest BCUT2D eigenvalue weighted by molar-refractivity contribution is 5.49. The van der Waals surface area contributed by atoms with Gasteiger partial charge in [-0.3, -0.25) is 0 Å². The minimum Gasteiger partial charge on any atom is -0.385 e. The van der Waals surface area contributed by atoms with Crippen LogP contribution in [0.2, 0.25) is 0 Å². The summed E-state index contributed by atoms with van der Waals surface area (Å²) in [7, 11) is 0. The normalized spacial score (nSPS) is 10.5. The Labute approximate surface area is 78.0 Å². The van der Waals surface area contributed by atoms with Gasteiger partial charge in [-0.05, 0) is 18.6 Å². The third kappa shape index (κ3) is 3.44. The lowest BCUT2D eigenvalue weighted by atomic mass is 10.2. The predicted octanol–water partition coefficient (Wildman–Crippen LogP) is 1.11. The molecule has 0 saturated carbocycles. The molecule has 1 aromatic carbocycles. The minimum absolute atomic E-state index is 0.342. The molecule has 0 atom stereocenters. The molecule has 0 fully saturated rings. The van der Waals surface area contributed by atoms with Crippen molar-refractivity contribution in [2.75, 3.05) is 11.9 Å². The molecule has 72 valence electrons. The van der Waals surface area contributed by atoms with Gasteiger partial charge in [0.1, 0.15) is 0 Å². The van der Waals surface area contributed by atoms with E-state index in [9.17, 15) is 0 Å². The van der Waals surface area contributed by atoms with Gasteiger partial charge in [0.05, 0.1) is 0 Å². The van der Waals surface area contributed by atoms with E-state index in [1.165, 1.54) is 0 Å². The van der Waals surface area contributed by atoms with Gasteiger partial charge < -0.3 is 15.5 Å². The van der Waals surface area contributed by atoms with Crippen LogP contribution < -0.4 is 5.32 Å². The number of aliphatic hydroxyl groups excluding tert-OH is 1. The maximum Gasteiger partial charge on any atom is 0.153 e. The summed E-state index contributed by atoms with van der Waals surface area (Å²) >= 11 is 0. The topological polar surface area (TPSA) is 52.5 Å². The van der Waals surface area contributed by atoms with Crippen molar-refractivity contribution in [3.63, 3.8) is 0 Å². The van der Waals surface area contributed by atoms with E-state index < -0.39 is 6.29 Å². The van der Waals surface area contributed by atoms with Crippen molar-refractivity contribution < 1.29 is 10.2 Å². The predicted molar refractivity (Wildman–Crippen MR) is 52.5 cm³/mol. The lowest BCUT2D eigenvalue weighted by Gasteiger charge is -2.09. The third-order valence-corrected chi connectivity index (χ3v) is 1.86. The molecule has 3 nitrogen and oxygen atoms in total. The van der Waals surface area contributed by atoms with E-state index in [1.807, 2.05) is 31.2 Å². The molecule has 1 aromatic rings. The molecule has 3 heteroatoms. The van der Waals surface area contributed by atoms with Crippen LogP contribution in [0.1, 0.15) is 12.0 Å². The summed E-state index contributed by atoms with van der Waals surface area (Å²) in [5.41, 5.74) is 2.21. The second-order valence-electron chi connectivity index (χ2n) is 3.01. The largest absolute Gasteiger partial charge is 0.385 e. The van der Waals surface area contributed by atoms with Gasteiger partial charge in [-0.15, -0.1) is 0 Å². The first-order valence-corrected chi connectivity index (χ1v) is 4.36. The molecule has 0 saturated heterocycles. The molecule has 0 radical (unpaired) electrons. The van der Waals surface area contributed by atoms with E-state index in [2.05, 4.69) is 5.32 Å². The standard InChI is InChI=1S/C10H15NO2/c1-8-4-2-3-5-9(8)11-7-6-10(12)13/h2-5,10-13H,6-7H2,1H3. The first kappa shape index (κ1) is 10.0. The number of hydrogen-bond acceptors (Lipinski definition) is 3. The molecule has 0 aliphatic rings. The van der Waals surface area contributed by atoms with Crippen molar-refractivity contribution in [1.82, 2.24) is 0 Å². The smallest absolute Gasteiger partial charge is 0.153 e. The Kier molecular flexibility index (Phi) is 3.73. The molecule has 0 bridgehead atoms. The Bertz CT molecular complexity index is 261. The molecule has 13 heavy (non-hydrogen) atoms. The summed E-state index contributed by atoms with van der Waals surface area (Å²) in [5, 5.41) is 20.4. The van der Waals surface area contributed by atoms with Crippen LogP contribution in [0.25, 0.3) is 0 Å². The minimum atomic E-state index is -1.23. The van der Waals surface area contributed by atoms with Crippen LogP contribution in [0.4, 0.5) is 5.69 Å². The monoisotopic (exact) mass is 181 g/mol. The Morgan fingerprint density at radius 2 is 2.00 bits per heavy atom. The Morgan fingerprint density at radius 3 is 2.62 bits per heavy atom. The van der Waals surface area contributed by atoms with Crippen LogP contribution in [-0.4, -0.2) is 23.0 Å². The average molecular weight is 181 g/mol. The van der Waals surface area contributed by atoms with Crippen molar-refractivity contribution in [3.05, 3.63) is 29.8 Å². The van der Waals surface area contributed by atoms with Gasteiger partial charge in [0, 0.05) is 18.7 Å². The van der Waals surface area contributed by atoms with E-state index in [4.69, 9.17) is 10.2 Å². The highest BCUT2D eigenvalue weighted by Crippen LogP contribution is 2.12. The zero-order valence-corrected chi connectivity index (χ0v) is 7.70. The number of rotatable bonds is 4. The van der Waals surface area contributed by atoms with Crippen molar-refractivity contribution in [1.29, 1.82) is 0 Å². The molecule has 0 aromatic heterocycles. The zero-order valence-electron chi connectivity index (χ0n) is 7.70. The fourth-order valence-corrected chi connectivity index (χ4v) is 1.11. The third-order valence-electron chi connectivity index (χ3n) is 1.86. The number of hydrogen-bond donors (Lipinski definition) is 3. The number of benzene rings is 1. The van der Waals surface area contributed by atoms with Gasteiger partial charge in [0.25, 0.3) is 0 Å². The summed E-state index contributed by atoms with van der Waals surface area (Å²) in [5.74, 6) is 0. The maximum atomic E-state index is 8.62. The van der Waals surface area contributed by atoms with Gasteiger partial charge in [0.2, 0.25) is 0 Å². The molecule has 0 amide bonds. The van der Waals surface area contributed by atoms with Gasteiger partial charge in [-0.2, -0.15) is 0 Å². The van der Waals surface area contributed by atoms with Crippen LogP contribution >= 0.6 is 0 Å². The second kappa shape index (κ2) is 4.84. The molecule has 0 heterocycles. The SMILES string of the molecule is Cc1ccccc1NCCC(O)O. The molecule has 0 aliphatic heterocycles. The molecule has 1 rings (SSSR count). The van der Waals surface area contributed by atoms with E-state index in [0.717, 1.165) is 11.3 Å². The highest BCUT2D eigenvalue weighted by Gasteiger charge is 1.98. The number of nitrogens with one attached hydrogen (secondary N) is 1. The lowest BCUT2D eigenvalue weighted by Crippen LogP contribution is -2.12. The van der Waals surface area contributed by atoms with Crippen molar-refractivity contribution in [2.24, 2.45) is 0 Å². The summed E-state index contributed by atoms with van der Waals surface area (Å²) in [6.45, 7) is 2.58. The Hall–Kier alpha value is -1.06. The van der Waals surface area contributed by atoms with Crippen LogP contribution in [-0.2, 0) is 0 Å². The molecule has 0 aliphatic carbocycles. The fraction of sp³-hybridized carbons (Fsp3) is 0.400. The summed E-state index contributed by atoms with van der Waals surface area (Å²) < 4.78 is 0. The van der Waals surface area contributed by atoms with E-state index in [0.29, 0.717) is 13.0 Å². The van der Waals surface area contributed by atoms with Gasteiger partial charge >= 0.3 is 0 Å². The average Bonchev–Trinajstić information content (AvgIpc) is 2.08. The quantitative estimate of drug-likeness (QED) is 0.610. The molecule has 3 N–H and O–H groups in total. The first-order chi connectivity index (χ1) is 6.20. The number of para-hydroxylation sites is 1. The summed E-state index contributed by atoms with van der Waals surface area (Å²) in [6, 6.07) is 7.91. The number of aliphatic hydroxyl groups is 2. The zero-order chi connectivity index (χ0) is 9.68. The summed E-state index contributed by atoms with van der Waals surface area (Å²) in [6.07, 6.45) is -0.884. The van der Waals surface area contributed by atoms with Gasteiger partial charge in [-0.25, -0.2) is 0 Å². The highest BCUT2D eigenvalue weighted by atomic mass is 16.5. The van der Waals surface area contributed by atoms with Crippen molar-refractivity contribution in [2.45, 2.75) is 19.6 Å². The second-order valence-corrected chi connectivity index (χ2v) is 3.01. The Balaban J connectivity index is 2.41. The molecular weight excluding hydrogens is 166 g/mol. The van der Waals surface area contributed by atoms with E-state index in [-0.39, 0.29) is 0 Å². The maximum absolute atomic E-state index is 8.62. The number of anilines is 1. The van der Waals surface area contributed by atoms with Crippen molar-refractivity contribution >= 4 is 5.69 Å². The fourth-order valence-electron chi connectivity index (χ4n) is 1.11. The Morgan fingerprint density at radius 1 is 1.31 bits per heavy atom. The van der Waals surface area contributed by atoms with Gasteiger partial charge in [0.15, 0.2) is 6.29 Å². The summed E-state index contributed by atoms with van der Waals surface area (Å²) in [4.78, 5) is 0. The van der Waals surface area contributed by atoms with Crippen molar-refractivity contribution in [3.8, 4) is 0 Å². The van der Waals surface area contributed by atoms with E-state index >= 15 is 0 Å². The lowest BCUT2D eigenvalue weighted by molar-refractivity contribution is -0.0423. The number of aryl methyl sites for hydroxylation is 1. The van der Waals surface area contributed by atoms with Crippen LogP contribution in [0, 0.1) is 6.92 Å². The van der Waals surface area contributed by atoms with Crippen LogP contribution in [0.5, 0.6) is 0 Å².